The maximum atomic E-state index is 12.0. The van der Waals surface area contributed by atoms with Gasteiger partial charge in [-0.15, -0.1) is 0 Å². The largest absolute Gasteiger partial charge is 0.463 e. The highest BCUT2D eigenvalue weighted by Gasteiger charge is 2.26. The molecule has 1 aromatic heterocycles. The Labute approximate surface area is 118 Å². The van der Waals surface area contributed by atoms with Crippen molar-refractivity contribution in [3.63, 3.8) is 0 Å². The van der Waals surface area contributed by atoms with Crippen molar-refractivity contribution in [1.82, 2.24) is 4.57 Å². The number of alkyl halides is 1. The van der Waals surface area contributed by atoms with Crippen LogP contribution in [0.25, 0.3) is 10.9 Å². The molecule has 0 amide bonds. The summed E-state index contributed by atoms with van der Waals surface area (Å²) in [5.41, 5.74) is 2.61. The van der Waals surface area contributed by atoms with Gasteiger partial charge < -0.3 is 9.30 Å². The van der Waals surface area contributed by atoms with Gasteiger partial charge in [0.25, 0.3) is 5.78 Å². The van der Waals surface area contributed by atoms with Gasteiger partial charge in [0.15, 0.2) is 0 Å². The van der Waals surface area contributed by atoms with Gasteiger partial charge in [0.1, 0.15) is 0 Å². The number of hydrogen-bond acceptors (Lipinski definition) is 3. The number of aromatic nitrogens is 1. The van der Waals surface area contributed by atoms with Crippen LogP contribution in [0.2, 0.25) is 0 Å². The summed E-state index contributed by atoms with van der Waals surface area (Å²) in [6, 6.07) is 5.83. The van der Waals surface area contributed by atoms with Crippen LogP contribution >= 0.6 is 15.9 Å². The van der Waals surface area contributed by atoms with Crippen molar-refractivity contribution in [3.05, 3.63) is 35.5 Å². The van der Waals surface area contributed by atoms with Crippen molar-refractivity contribution in [2.24, 2.45) is 0 Å². The lowest BCUT2D eigenvalue weighted by Crippen LogP contribution is -2.15. The monoisotopic (exact) mass is 321 g/mol. The zero-order chi connectivity index (χ0) is 13.6. The van der Waals surface area contributed by atoms with Gasteiger partial charge >= 0.3 is 5.97 Å². The lowest BCUT2D eigenvalue weighted by Gasteiger charge is -2.20. The van der Waals surface area contributed by atoms with Gasteiger partial charge in [-0.1, -0.05) is 34.1 Å². The smallest absolute Gasteiger partial charge is 0.379 e. The van der Waals surface area contributed by atoms with Crippen LogP contribution in [0.3, 0.4) is 0 Å². The molecule has 0 spiro atoms. The van der Waals surface area contributed by atoms with Crippen LogP contribution in [0.1, 0.15) is 27.2 Å². The van der Waals surface area contributed by atoms with E-state index in [2.05, 4.69) is 20.7 Å². The first kappa shape index (κ1) is 12.4. The average Bonchev–Trinajstić information content (AvgIpc) is 2.81. The number of hydrogen-bond donors (Lipinski definition) is 0. The molecule has 19 heavy (non-hydrogen) atoms. The maximum absolute atomic E-state index is 12.0. The molecular formula is C14H12BrNO3. The number of ether oxygens (including phenoxy) is 1. The summed E-state index contributed by atoms with van der Waals surface area (Å²) < 4.78 is 6.56. The molecular weight excluding hydrogens is 310 g/mol. The van der Waals surface area contributed by atoms with E-state index in [1.807, 2.05) is 22.8 Å². The van der Waals surface area contributed by atoms with Gasteiger partial charge in [-0.05, 0) is 12.0 Å². The minimum atomic E-state index is -0.820. The van der Waals surface area contributed by atoms with Crippen molar-refractivity contribution >= 4 is 38.6 Å². The minimum absolute atomic E-state index is 0.291. The molecule has 98 valence electrons. The number of carbonyl (C=O) groups excluding carboxylic acids is 2. The highest BCUT2D eigenvalue weighted by Crippen LogP contribution is 2.38. The van der Waals surface area contributed by atoms with E-state index in [4.69, 9.17) is 0 Å². The first-order valence-electron chi connectivity index (χ1n) is 6.02. The standard InChI is InChI=1S/C14H12BrNO3/c1-19-14(18)13(17)10-7-16-6-5-11(15)9-4-2-3-8(10)12(9)16/h2-4,7,11H,5-6H2,1H3/t11-/m0/s1. The highest BCUT2D eigenvalue weighted by atomic mass is 79.9. The van der Waals surface area contributed by atoms with E-state index >= 15 is 0 Å². The van der Waals surface area contributed by atoms with Crippen molar-refractivity contribution in [2.45, 2.75) is 17.8 Å². The Bertz CT molecular complexity index is 689. The van der Waals surface area contributed by atoms with Gasteiger partial charge in [-0.3, -0.25) is 4.79 Å². The Morgan fingerprint density at radius 1 is 1.42 bits per heavy atom. The first-order valence-corrected chi connectivity index (χ1v) is 6.93. The van der Waals surface area contributed by atoms with E-state index in [0.717, 1.165) is 29.4 Å². The summed E-state index contributed by atoms with van der Waals surface area (Å²) in [7, 11) is 1.22. The molecule has 1 atom stereocenters. The predicted molar refractivity (Wildman–Crippen MR) is 74.6 cm³/mol. The Hall–Kier alpha value is -1.62. The maximum Gasteiger partial charge on any atom is 0.379 e. The molecule has 1 aliphatic rings. The Morgan fingerprint density at radius 2 is 2.21 bits per heavy atom. The zero-order valence-corrected chi connectivity index (χ0v) is 11.9. The molecule has 0 aliphatic carbocycles. The molecule has 0 unspecified atom stereocenters. The molecule has 0 saturated carbocycles. The molecule has 1 aliphatic heterocycles. The van der Waals surface area contributed by atoms with Crippen molar-refractivity contribution < 1.29 is 14.3 Å². The van der Waals surface area contributed by atoms with Crippen LogP contribution in [-0.4, -0.2) is 23.4 Å². The fourth-order valence-corrected chi connectivity index (χ4v) is 3.18. The fourth-order valence-electron chi connectivity index (χ4n) is 2.61. The first-order chi connectivity index (χ1) is 9.13. The SMILES string of the molecule is COC(=O)C(=O)c1cn2c3c(cccc13)[C@@H](Br)CC2. The van der Waals surface area contributed by atoms with Gasteiger partial charge in [0.05, 0.1) is 18.2 Å². The molecule has 5 heteroatoms. The van der Waals surface area contributed by atoms with Crippen LogP contribution in [-0.2, 0) is 16.1 Å². The number of rotatable bonds is 2. The van der Waals surface area contributed by atoms with Crippen LogP contribution in [0.15, 0.2) is 24.4 Å². The predicted octanol–water partition coefficient (Wildman–Crippen LogP) is 2.84. The molecule has 4 nitrogen and oxygen atoms in total. The molecule has 0 N–H and O–H groups in total. The Morgan fingerprint density at radius 3 is 2.95 bits per heavy atom. The Balaban J connectivity index is 2.25. The number of halogens is 1. The quantitative estimate of drug-likeness (QED) is 0.370. The second-order valence-electron chi connectivity index (χ2n) is 4.56. The normalized spacial score (nSPS) is 17.5. The van der Waals surface area contributed by atoms with E-state index in [-0.39, 0.29) is 0 Å². The number of esters is 1. The molecule has 2 aromatic rings. The van der Waals surface area contributed by atoms with Crippen molar-refractivity contribution in [2.75, 3.05) is 7.11 Å². The summed E-state index contributed by atoms with van der Waals surface area (Å²) in [5, 5.41) is 0.817. The summed E-state index contributed by atoms with van der Waals surface area (Å²) in [6.07, 6.45) is 2.72. The number of aryl methyl sites for hydroxylation is 1. The topological polar surface area (TPSA) is 48.3 Å². The molecule has 2 heterocycles. The second kappa shape index (κ2) is 4.49. The van der Waals surface area contributed by atoms with E-state index in [1.165, 1.54) is 7.11 Å². The minimum Gasteiger partial charge on any atom is -0.463 e. The third-order valence-electron chi connectivity index (χ3n) is 3.51. The molecule has 0 radical (unpaired) electrons. The number of nitrogens with zero attached hydrogens (tertiary/aromatic N) is 1. The van der Waals surface area contributed by atoms with E-state index in [0.29, 0.717) is 10.4 Å². The number of ketones is 1. The van der Waals surface area contributed by atoms with Crippen LogP contribution in [0.4, 0.5) is 0 Å². The number of Topliss-reactive ketones (excluding diaryl/α,β-unsaturated/α-hetero) is 1. The van der Waals surface area contributed by atoms with E-state index in [1.54, 1.807) is 6.20 Å². The summed E-state index contributed by atoms with van der Waals surface area (Å²) in [6.45, 7) is 0.831. The van der Waals surface area contributed by atoms with Crippen LogP contribution < -0.4 is 0 Å². The van der Waals surface area contributed by atoms with Crippen molar-refractivity contribution in [1.29, 1.82) is 0 Å². The van der Waals surface area contributed by atoms with Crippen LogP contribution in [0, 0.1) is 0 Å². The fraction of sp³-hybridized carbons (Fsp3) is 0.286. The Kier molecular flexibility index (Phi) is 2.93. The lowest BCUT2D eigenvalue weighted by molar-refractivity contribution is -0.135. The number of methoxy groups -OCH3 is 1. The number of benzene rings is 1. The van der Waals surface area contributed by atoms with Gasteiger partial charge in [0, 0.05) is 23.0 Å². The van der Waals surface area contributed by atoms with Crippen LogP contribution in [0.5, 0.6) is 0 Å². The van der Waals surface area contributed by atoms with Crippen molar-refractivity contribution in [3.8, 4) is 0 Å². The van der Waals surface area contributed by atoms with Gasteiger partial charge in [-0.25, -0.2) is 4.79 Å². The summed E-state index contributed by atoms with van der Waals surface area (Å²) in [4.78, 5) is 23.8. The molecule has 0 saturated heterocycles. The number of para-hydroxylation sites is 1. The van der Waals surface area contributed by atoms with E-state index in [9.17, 15) is 9.59 Å². The summed E-state index contributed by atoms with van der Waals surface area (Å²) >= 11 is 3.65. The zero-order valence-electron chi connectivity index (χ0n) is 10.4. The van der Waals surface area contributed by atoms with Gasteiger partial charge in [-0.2, -0.15) is 0 Å². The second-order valence-corrected chi connectivity index (χ2v) is 5.66. The highest BCUT2D eigenvalue weighted by molar-refractivity contribution is 9.09. The average molecular weight is 322 g/mol. The molecule has 1 aromatic carbocycles. The number of carbonyl (C=O) groups is 2. The van der Waals surface area contributed by atoms with E-state index < -0.39 is 11.8 Å². The molecule has 0 fully saturated rings. The lowest BCUT2D eigenvalue weighted by atomic mass is 10.0. The molecule has 3 rings (SSSR count). The van der Waals surface area contributed by atoms with Gasteiger partial charge in [0.2, 0.25) is 0 Å². The third kappa shape index (κ3) is 1.80. The third-order valence-corrected chi connectivity index (χ3v) is 4.46. The molecule has 0 bridgehead atoms. The summed E-state index contributed by atoms with van der Waals surface area (Å²) in [5.74, 6) is -1.41.